The normalized spacial score (nSPS) is 14.2. The van der Waals surface area contributed by atoms with Crippen LogP contribution >= 0.6 is 0 Å². The minimum Gasteiger partial charge on any atom is -1.00 e. The van der Waals surface area contributed by atoms with E-state index in [0.717, 1.165) is 38.5 Å². The third kappa shape index (κ3) is 27.2. The van der Waals surface area contributed by atoms with Crippen LogP contribution in [0.2, 0.25) is 0 Å². The third-order valence-electron chi connectivity index (χ3n) is 11.1. The Balaban J connectivity index is 0. The number of aliphatic hydroxyl groups is 2. The summed E-state index contributed by atoms with van der Waals surface area (Å²) in [5.74, 6) is 0.0280. The minimum atomic E-state index is -0.876. The summed E-state index contributed by atoms with van der Waals surface area (Å²) in [4.78, 5) is 26.9. The van der Waals surface area contributed by atoms with Crippen molar-refractivity contribution in [1.82, 2.24) is 0 Å². The van der Waals surface area contributed by atoms with E-state index in [1.165, 1.54) is 154 Å². The van der Waals surface area contributed by atoms with Crippen LogP contribution in [0.4, 0.5) is 0 Å². The molecule has 0 bridgehead atoms. The Morgan fingerprint density at radius 3 is 0.760 bits per heavy atom. The molecule has 6 heteroatoms. The highest BCUT2D eigenvalue weighted by molar-refractivity contribution is 5.86. The van der Waals surface area contributed by atoms with Gasteiger partial charge < -0.3 is 27.1 Å². The van der Waals surface area contributed by atoms with Gasteiger partial charge in [-0.1, -0.05) is 194 Å². The van der Waals surface area contributed by atoms with Crippen LogP contribution in [0.25, 0.3) is 0 Å². The van der Waals surface area contributed by atoms with E-state index in [1.54, 1.807) is 13.8 Å². The Kier molecular flexibility index (Phi) is 36.7. The van der Waals surface area contributed by atoms with Crippen LogP contribution in [-0.2, 0) is 9.59 Å². The van der Waals surface area contributed by atoms with E-state index in [4.69, 9.17) is 0 Å². The number of quaternary nitrogens is 1. The van der Waals surface area contributed by atoms with Crippen LogP contribution in [0.5, 0.6) is 0 Å². The molecule has 0 aromatic heterocycles. The average molecular weight is 731 g/mol. The largest absolute Gasteiger partial charge is 1.00 e. The molecule has 0 aliphatic rings. The lowest BCUT2D eigenvalue weighted by molar-refractivity contribution is -0.927. The first-order valence-corrected chi connectivity index (χ1v) is 21.9. The number of Topliss-reactive ketones (excluding diaryl/α,β-unsaturated/α-hetero) is 2. The summed E-state index contributed by atoms with van der Waals surface area (Å²) in [7, 11) is 3.70. The van der Waals surface area contributed by atoms with E-state index in [0.29, 0.717) is 12.8 Å². The van der Waals surface area contributed by atoms with E-state index >= 15 is 0 Å². The van der Waals surface area contributed by atoms with Crippen molar-refractivity contribution >= 4 is 11.6 Å². The second-order valence-corrected chi connectivity index (χ2v) is 16.3. The van der Waals surface area contributed by atoms with Crippen molar-refractivity contribution in [2.24, 2.45) is 0 Å². The summed E-state index contributed by atoms with van der Waals surface area (Å²) in [6.45, 7) is 7.87. The molecule has 0 saturated carbocycles. The number of ketones is 2. The Labute approximate surface area is 318 Å². The van der Waals surface area contributed by atoms with Gasteiger partial charge in [-0.15, -0.1) is 0 Å². The molecule has 0 rings (SSSR count). The van der Waals surface area contributed by atoms with Crippen molar-refractivity contribution in [3.63, 3.8) is 0 Å². The highest BCUT2D eigenvalue weighted by Gasteiger charge is 2.48. The van der Waals surface area contributed by atoms with Gasteiger partial charge in [-0.25, -0.2) is 0 Å². The molecular weight excluding hydrogens is 642 g/mol. The Morgan fingerprint density at radius 1 is 0.400 bits per heavy atom. The van der Waals surface area contributed by atoms with Crippen molar-refractivity contribution in [1.29, 1.82) is 0 Å². The molecule has 0 radical (unpaired) electrons. The smallest absolute Gasteiger partial charge is 0.192 e. The molecule has 0 heterocycles. The summed E-state index contributed by atoms with van der Waals surface area (Å²) in [5, 5.41) is 21.5. The van der Waals surface area contributed by atoms with Crippen LogP contribution in [0.15, 0.2) is 0 Å². The standard InChI is InChI=1S/C44H88NO4.ClH/c1-7-9-11-13-15-17-19-21-23-25-27-29-31-33-35-37-41(48)43(39(3)46)45(5,6)44(40(4)47)42(49)38-36-34-32-30-28-26-24-22-20-18-16-14-12-10-8-2;/h39-40,43-44,46-47H,7-38H2,1-6H3;1H/q+1;/p-1. The maximum atomic E-state index is 13.5. The van der Waals surface area contributed by atoms with E-state index < -0.39 is 24.3 Å². The molecule has 300 valence electrons. The predicted molar refractivity (Wildman–Crippen MR) is 212 cm³/mol. The fourth-order valence-corrected chi connectivity index (χ4v) is 8.20. The lowest BCUT2D eigenvalue weighted by Gasteiger charge is -2.45. The van der Waals surface area contributed by atoms with Gasteiger partial charge in [-0.2, -0.15) is 0 Å². The Hall–Kier alpha value is -0.490. The molecule has 5 nitrogen and oxygen atoms in total. The first kappa shape index (κ1) is 51.6. The zero-order valence-electron chi connectivity index (χ0n) is 34.5. The Bertz CT molecular complexity index is 696. The quantitative estimate of drug-likeness (QED) is 0.0491. The Morgan fingerprint density at radius 2 is 0.580 bits per heavy atom. The molecule has 0 fully saturated rings. The van der Waals surface area contributed by atoms with Gasteiger partial charge >= 0.3 is 0 Å². The minimum absolute atomic E-state index is 0. The van der Waals surface area contributed by atoms with Gasteiger partial charge in [0.25, 0.3) is 0 Å². The molecule has 0 saturated heterocycles. The van der Waals surface area contributed by atoms with Gasteiger partial charge in [0.2, 0.25) is 0 Å². The number of unbranched alkanes of at least 4 members (excludes halogenated alkanes) is 28. The van der Waals surface area contributed by atoms with Gasteiger partial charge in [0.05, 0.1) is 14.1 Å². The highest BCUT2D eigenvalue weighted by Crippen LogP contribution is 2.25. The molecule has 4 atom stereocenters. The van der Waals surface area contributed by atoms with E-state index in [9.17, 15) is 19.8 Å². The molecule has 0 spiro atoms. The molecule has 2 N–H and O–H groups in total. The van der Waals surface area contributed by atoms with Gasteiger partial charge in [0, 0.05) is 12.8 Å². The fourth-order valence-electron chi connectivity index (χ4n) is 8.20. The summed E-state index contributed by atoms with van der Waals surface area (Å²) in [6, 6.07) is -1.42. The first-order chi connectivity index (χ1) is 23.6. The highest BCUT2D eigenvalue weighted by atomic mass is 35.5. The zero-order valence-corrected chi connectivity index (χ0v) is 35.2. The number of aliphatic hydroxyl groups excluding tert-OH is 2. The number of halogens is 1. The number of rotatable bonds is 38. The SMILES string of the molecule is CCCCCCCCCCCCCCCCCC(=O)C(C(C)O)[N+](C)(C)C(C(=O)CCCCCCCCCCCCCCCCC)C(C)O.[Cl-]. The molecule has 0 aromatic carbocycles. The van der Waals surface area contributed by atoms with Gasteiger partial charge in [-0.05, 0) is 26.7 Å². The van der Waals surface area contributed by atoms with Crippen LogP contribution in [0, 0.1) is 0 Å². The monoisotopic (exact) mass is 730 g/mol. The van der Waals surface area contributed by atoms with Crippen LogP contribution < -0.4 is 12.4 Å². The maximum Gasteiger partial charge on any atom is 0.192 e. The van der Waals surface area contributed by atoms with Crippen molar-refractivity contribution in [2.75, 3.05) is 14.1 Å². The van der Waals surface area contributed by atoms with Gasteiger partial charge in [0.15, 0.2) is 23.7 Å². The van der Waals surface area contributed by atoms with Crippen molar-refractivity contribution < 1.29 is 36.7 Å². The van der Waals surface area contributed by atoms with Crippen molar-refractivity contribution in [3.8, 4) is 0 Å². The van der Waals surface area contributed by atoms with Gasteiger partial charge in [0.1, 0.15) is 12.2 Å². The summed E-state index contributed by atoms with van der Waals surface area (Å²) < 4.78 is 0.0183. The topological polar surface area (TPSA) is 74.6 Å². The second kappa shape index (κ2) is 35.5. The van der Waals surface area contributed by atoms with Crippen LogP contribution in [0.1, 0.15) is 233 Å². The lowest BCUT2D eigenvalue weighted by atomic mass is 9.91. The molecule has 50 heavy (non-hydrogen) atoms. The van der Waals surface area contributed by atoms with E-state index in [-0.39, 0.29) is 28.5 Å². The van der Waals surface area contributed by atoms with Crippen LogP contribution in [0.3, 0.4) is 0 Å². The fraction of sp³-hybridized carbons (Fsp3) is 0.955. The zero-order chi connectivity index (χ0) is 36.6. The van der Waals surface area contributed by atoms with Crippen LogP contribution in [-0.4, -0.2) is 64.6 Å². The number of likely N-dealkylation sites (N-methyl/N-ethyl adjacent to an activating group) is 1. The first-order valence-electron chi connectivity index (χ1n) is 21.9. The summed E-state index contributed by atoms with van der Waals surface area (Å²) >= 11 is 0. The number of nitrogens with zero attached hydrogens (tertiary/aromatic N) is 1. The average Bonchev–Trinajstić information content (AvgIpc) is 3.04. The maximum absolute atomic E-state index is 13.5. The predicted octanol–water partition coefficient (Wildman–Crippen LogP) is 9.23. The summed E-state index contributed by atoms with van der Waals surface area (Å²) in [5.41, 5.74) is 0. The number of carbonyl (C=O) groups excluding carboxylic acids is 2. The third-order valence-corrected chi connectivity index (χ3v) is 11.1. The second-order valence-electron chi connectivity index (χ2n) is 16.3. The molecule has 0 aromatic rings. The molecule has 0 aliphatic carbocycles. The number of hydrogen-bond acceptors (Lipinski definition) is 4. The van der Waals surface area contributed by atoms with E-state index in [2.05, 4.69) is 13.8 Å². The molecule has 0 aliphatic heterocycles. The molecule has 0 amide bonds. The lowest BCUT2D eigenvalue weighted by Crippen LogP contribution is -3.00. The van der Waals surface area contributed by atoms with Crippen molar-refractivity contribution in [3.05, 3.63) is 0 Å². The van der Waals surface area contributed by atoms with Gasteiger partial charge in [-0.3, -0.25) is 9.59 Å². The molecular formula is C44H88ClNO4. The van der Waals surface area contributed by atoms with E-state index in [1.807, 2.05) is 14.1 Å². The number of hydrogen-bond donors (Lipinski definition) is 2. The number of carbonyl (C=O) groups is 2. The molecule has 4 unspecified atom stereocenters. The summed E-state index contributed by atoms with van der Waals surface area (Å²) in [6.07, 6.45) is 37.6. The van der Waals surface area contributed by atoms with Crippen molar-refractivity contribution in [2.45, 2.75) is 257 Å².